The quantitative estimate of drug-likeness (QED) is 0.893. The van der Waals surface area contributed by atoms with Gasteiger partial charge in [-0.25, -0.2) is 5.01 Å². The second-order valence-corrected chi connectivity index (χ2v) is 6.95. The minimum Gasteiger partial charge on any atom is -0.467 e. The van der Waals surface area contributed by atoms with Gasteiger partial charge in [0.15, 0.2) is 0 Å². The molecule has 1 saturated heterocycles. The van der Waals surface area contributed by atoms with Crippen LogP contribution in [-0.4, -0.2) is 53.6 Å². The highest BCUT2D eigenvalue weighted by molar-refractivity contribution is 6.03. The van der Waals surface area contributed by atoms with Crippen LogP contribution in [0.2, 0.25) is 0 Å². The predicted molar refractivity (Wildman–Crippen MR) is 100 cm³/mol. The molecule has 2 amide bonds. The van der Waals surface area contributed by atoms with Crippen LogP contribution in [0.3, 0.4) is 0 Å². The largest absolute Gasteiger partial charge is 0.467 e. The Bertz CT molecular complexity index is 858. The Hall–Kier alpha value is -2.93. The number of nitrogens with one attached hydrogen (secondary N) is 1. The van der Waals surface area contributed by atoms with Crippen LogP contribution in [0.5, 0.6) is 0 Å². The van der Waals surface area contributed by atoms with Gasteiger partial charge in [0.25, 0.3) is 5.91 Å². The summed E-state index contributed by atoms with van der Waals surface area (Å²) in [5.41, 5.74) is 3.04. The molecule has 7 heteroatoms. The molecule has 0 bridgehead atoms. The van der Waals surface area contributed by atoms with Crippen LogP contribution >= 0.6 is 0 Å². The smallest absolute Gasteiger partial charge is 0.257 e. The fraction of sp³-hybridized carbons (Fsp3) is 0.350. The van der Waals surface area contributed by atoms with E-state index in [9.17, 15) is 9.59 Å². The van der Waals surface area contributed by atoms with Crippen LogP contribution in [0.25, 0.3) is 0 Å². The Morgan fingerprint density at radius 3 is 2.81 bits per heavy atom. The highest BCUT2D eigenvalue weighted by atomic mass is 16.3. The number of carbonyl (C=O) groups excluding carboxylic acids is 2. The molecule has 1 N–H and O–H groups in total. The summed E-state index contributed by atoms with van der Waals surface area (Å²) in [4.78, 5) is 26.4. The first-order chi connectivity index (χ1) is 13.1. The molecule has 2 aliphatic rings. The average molecular weight is 366 g/mol. The average Bonchev–Trinajstić information content (AvgIpc) is 3.32. The molecule has 4 rings (SSSR count). The Balaban J connectivity index is 1.56. The Morgan fingerprint density at radius 2 is 2.11 bits per heavy atom. The summed E-state index contributed by atoms with van der Waals surface area (Å²) in [6, 6.07) is 11.5. The lowest BCUT2D eigenvalue weighted by Crippen LogP contribution is -2.50. The number of piperazine rings is 1. The van der Waals surface area contributed by atoms with Gasteiger partial charge < -0.3 is 9.73 Å². The van der Waals surface area contributed by atoms with Gasteiger partial charge in [-0.2, -0.15) is 5.10 Å². The Morgan fingerprint density at radius 1 is 1.30 bits per heavy atom. The summed E-state index contributed by atoms with van der Waals surface area (Å²) in [5.74, 6) is 0.528. The number of aryl methyl sites for hydroxylation is 1. The van der Waals surface area contributed by atoms with Crippen LogP contribution in [-0.2, 0) is 9.59 Å². The van der Waals surface area contributed by atoms with Crippen molar-refractivity contribution in [2.24, 2.45) is 5.10 Å². The molecule has 1 aromatic carbocycles. The molecule has 140 valence electrons. The zero-order valence-electron chi connectivity index (χ0n) is 15.2. The van der Waals surface area contributed by atoms with Crippen molar-refractivity contribution in [3.8, 4) is 0 Å². The van der Waals surface area contributed by atoms with E-state index in [0.29, 0.717) is 25.3 Å². The molecule has 0 saturated carbocycles. The summed E-state index contributed by atoms with van der Waals surface area (Å²) in [6.45, 7) is 3.65. The molecule has 2 aromatic rings. The van der Waals surface area contributed by atoms with Crippen LogP contribution in [0.15, 0.2) is 52.2 Å². The lowest BCUT2D eigenvalue weighted by molar-refractivity contribution is -0.135. The minimum absolute atomic E-state index is 0.0538. The summed E-state index contributed by atoms with van der Waals surface area (Å²) < 4.78 is 5.56. The van der Waals surface area contributed by atoms with Gasteiger partial charge in [0.2, 0.25) is 5.91 Å². The normalized spacial score (nSPS) is 20.5. The van der Waals surface area contributed by atoms with Crippen molar-refractivity contribution in [1.29, 1.82) is 0 Å². The lowest BCUT2D eigenvalue weighted by atomic mass is 10.0. The van der Waals surface area contributed by atoms with Crippen LogP contribution in [0.1, 0.15) is 29.3 Å². The van der Waals surface area contributed by atoms with Crippen molar-refractivity contribution >= 4 is 17.5 Å². The first-order valence-corrected chi connectivity index (χ1v) is 9.09. The number of hydrogen-bond acceptors (Lipinski definition) is 5. The third-order valence-electron chi connectivity index (χ3n) is 4.90. The molecule has 1 atom stereocenters. The molecule has 7 nitrogen and oxygen atoms in total. The summed E-state index contributed by atoms with van der Waals surface area (Å²) in [6.07, 6.45) is 2.21. The highest BCUT2D eigenvalue weighted by Crippen LogP contribution is 2.33. The molecule has 1 aromatic heterocycles. The number of hydrazone groups is 1. The molecule has 0 unspecified atom stereocenters. The second-order valence-electron chi connectivity index (χ2n) is 6.95. The fourth-order valence-corrected chi connectivity index (χ4v) is 3.45. The van der Waals surface area contributed by atoms with Gasteiger partial charge in [0.05, 0.1) is 25.1 Å². The van der Waals surface area contributed by atoms with Gasteiger partial charge in [0.1, 0.15) is 11.8 Å². The number of rotatable bonds is 4. The van der Waals surface area contributed by atoms with Crippen molar-refractivity contribution in [3.63, 3.8) is 0 Å². The van der Waals surface area contributed by atoms with E-state index < -0.39 is 0 Å². The van der Waals surface area contributed by atoms with E-state index in [0.717, 1.165) is 11.3 Å². The van der Waals surface area contributed by atoms with E-state index in [1.807, 2.05) is 48.2 Å². The third kappa shape index (κ3) is 3.78. The molecule has 0 radical (unpaired) electrons. The topological polar surface area (TPSA) is 78.2 Å². The van der Waals surface area contributed by atoms with E-state index >= 15 is 0 Å². The van der Waals surface area contributed by atoms with E-state index in [-0.39, 0.29) is 30.9 Å². The van der Waals surface area contributed by atoms with E-state index in [4.69, 9.17) is 4.42 Å². The Labute approximate surface area is 157 Å². The van der Waals surface area contributed by atoms with Gasteiger partial charge >= 0.3 is 0 Å². The van der Waals surface area contributed by atoms with Gasteiger partial charge in [-0.1, -0.05) is 29.8 Å². The van der Waals surface area contributed by atoms with Crippen LogP contribution in [0, 0.1) is 6.92 Å². The number of carbonyl (C=O) groups is 2. The predicted octanol–water partition coefficient (Wildman–Crippen LogP) is 1.70. The SMILES string of the molecule is Cc1ccc(C2=NN(C(=O)CN3CCNC(=O)C3)[C@H](c3ccco3)C2)cc1. The standard InChI is InChI=1S/C20H22N4O3/c1-14-4-6-15(7-5-14)16-11-17(18-3-2-10-27-18)24(22-16)20(26)13-23-9-8-21-19(25)12-23/h2-7,10,17H,8-9,11-13H2,1H3,(H,21,25)/t17-/m0/s1. The lowest BCUT2D eigenvalue weighted by Gasteiger charge is -2.28. The zero-order chi connectivity index (χ0) is 18.8. The highest BCUT2D eigenvalue weighted by Gasteiger charge is 2.35. The first kappa shape index (κ1) is 17.5. The maximum Gasteiger partial charge on any atom is 0.257 e. The third-order valence-corrected chi connectivity index (χ3v) is 4.90. The number of benzene rings is 1. The van der Waals surface area contributed by atoms with Gasteiger partial charge in [-0.15, -0.1) is 0 Å². The molecule has 27 heavy (non-hydrogen) atoms. The number of nitrogens with zero attached hydrogens (tertiary/aromatic N) is 3. The Kier molecular flexibility index (Phi) is 4.77. The minimum atomic E-state index is -0.262. The molecular weight excluding hydrogens is 344 g/mol. The molecular formula is C20H22N4O3. The van der Waals surface area contributed by atoms with E-state index in [1.54, 1.807) is 6.26 Å². The second kappa shape index (κ2) is 7.36. The number of hydrogen-bond donors (Lipinski definition) is 1. The molecule has 1 fully saturated rings. The molecule has 3 heterocycles. The number of amides is 2. The number of furan rings is 1. The van der Waals surface area contributed by atoms with E-state index in [2.05, 4.69) is 10.4 Å². The molecule has 2 aliphatic heterocycles. The first-order valence-electron chi connectivity index (χ1n) is 9.09. The van der Waals surface area contributed by atoms with E-state index in [1.165, 1.54) is 10.6 Å². The van der Waals surface area contributed by atoms with Crippen molar-refractivity contribution in [1.82, 2.24) is 15.2 Å². The van der Waals surface area contributed by atoms with Crippen molar-refractivity contribution < 1.29 is 14.0 Å². The summed E-state index contributed by atoms with van der Waals surface area (Å²) >= 11 is 0. The van der Waals surface area contributed by atoms with Crippen LogP contribution in [0.4, 0.5) is 0 Å². The molecule has 0 aliphatic carbocycles. The van der Waals surface area contributed by atoms with Gasteiger partial charge in [0, 0.05) is 19.5 Å². The zero-order valence-corrected chi connectivity index (χ0v) is 15.2. The summed E-state index contributed by atoms with van der Waals surface area (Å²) in [5, 5.41) is 8.91. The van der Waals surface area contributed by atoms with Crippen molar-refractivity contribution in [2.75, 3.05) is 26.2 Å². The van der Waals surface area contributed by atoms with Crippen molar-refractivity contribution in [2.45, 2.75) is 19.4 Å². The van der Waals surface area contributed by atoms with Crippen molar-refractivity contribution in [3.05, 3.63) is 59.5 Å². The maximum atomic E-state index is 13.0. The van der Waals surface area contributed by atoms with Gasteiger partial charge in [-0.3, -0.25) is 14.5 Å². The van der Waals surface area contributed by atoms with Gasteiger partial charge in [-0.05, 0) is 24.6 Å². The monoisotopic (exact) mass is 366 g/mol. The molecule has 0 spiro atoms. The van der Waals surface area contributed by atoms with Crippen LogP contribution < -0.4 is 5.32 Å². The summed E-state index contributed by atoms with van der Waals surface area (Å²) in [7, 11) is 0. The maximum absolute atomic E-state index is 13.0. The fourth-order valence-electron chi connectivity index (χ4n) is 3.45.